The number of anilines is 1. The normalized spacial score (nSPS) is 12.8. The van der Waals surface area contributed by atoms with Crippen molar-refractivity contribution in [3.63, 3.8) is 0 Å². The molecule has 0 saturated carbocycles. The minimum Gasteiger partial charge on any atom is -0.352 e. The predicted octanol–water partition coefficient (Wildman–Crippen LogP) is 5.11. The minimum absolute atomic E-state index is 0.130. The third kappa shape index (κ3) is 8.24. The molecule has 1 N–H and O–H groups in total. The molecule has 0 aliphatic carbocycles. The van der Waals surface area contributed by atoms with Gasteiger partial charge in [0.25, 0.3) is 0 Å². The molecule has 37 heavy (non-hydrogen) atoms. The van der Waals surface area contributed by atoms with Gasteiger partial charge in [0.05, 0.1) is 22.5 Å². The Hall–Kier alpha value is -2.50. The third-order valence-corrected chi connectivity index (χ3v) is 7.18. The summed E-state index contributed by atoms with van der Waals surface area (Å²) in [6, 6.07) is 7.95. The average Bonchev–Trinajstić information content (AvgIpc) is 2.77. The zero-order valence-corrected chi connectivity index (χ0v) is 23.0. The highest BCUT2D eigenvalue weighted by molar-refractivity contribution is 7.92. The van der Waals surface area contributed by atoms with Crippen molar-refractivity contribution in [3.8, 4) is 0 Å². The molecule has 2 rings (SSSR count). The SMILES string of the molecule is CCC(C(=O)NC(C)C)N(Cc1ccccc1Cl)C(=O)CN(c1ccc(Cl)c(C(F)(F)F)c1)S(C)(=O)=O. The lowest BCUT2D eigenvalue weighted by atomic mass is 10.1. The number of hydrogen-bond donors (Lipinski definition) is 1. The largest absolute Gasteiger partial charge is 0.417 e. The number of alkyl halides is 3. The van der Waals surface area contributed by atoms with E-state index in [1.807, 2.05) is 0 Å². The standard InChI is InChI=1S/C24H28Cl2F3N3O4S/c1-5-21(23(34)30-15(2)3)31(13-16-8-6-7-9-19(16)25)22(33)14-32(37(4,35)36)17-10-11-20(26)18(12-17)24(27,28)29/h6-12,15,21H,5,13-14H2,1-4H3,(H,30,34). The molecule has 0 spiro atoms. The number of halogens is 5. The molecule has 0 heterocycles. The summed E-state index contributed by atoms with van der Waals surface area (Å²) < 4.78 is 66.0. The summed E-state index contributed by atoms with van der Waals surface area (Å²) >= 11 is 11.9. The van der Waals surface area contributed by atoms with Crippen LogP contribution in [0.4, 0.5) is 18.9 Å². The molecule has 0 aliphatic rings. The summed E-state index contributed by atoms with van der Waals surface area (Å²) in [6.07, 6.45) is -3.89. The molecule has 204 valence electrons. The first-order valence-corrected chi connectivity index (χ1v) is 13.8. The molecule has 0 aliphatic heterocycles. The van der Waals surface area contributed by atoms with Crippen LogP contribution in [0, 0.1) is 0 Å². The van der Waals surface area contributed by atoms with Crippen LogP contribution in [-0.4, -0.2) is 50.0 Å². The topological polar surface area (TPSA) is 86.8 Å². The van der Waals surface area contributed by atoms with Crippen molar-refractivity contribution >= 4 is 50.7 Å². The van der Waals surface area contributed by atoms with Gasteiger partial charge in [0.1, 0.15) is 12.6 Å². The van der Waals surface area contributed by atoms with Crippen molar-refractivity contribution < 1.29 is 31.2 Å². The van der Waals surface area contributed by atoms with E-state index in [2.05, 4.69) is 5.32 Å². The number of rotatable bonds is 10. The summed E-state index contributed by atoms with van der Waals surface area (Å²) in [4.78, 5) is 27.7. The van der Waals surface area contributed by atoms with E-state index in [1.165, 1.54) is 4.90 Å². The lowest BCUT2D eigenvalue weighted by Crippen LogP contribution is -2.53. The molecule has 1 unspecified atom stereocenters. The van der Waals surface area contributed by atoms with Crippen molar-refractivity contribution in [1.29, 1.82) is 0 Å². The highest BCUT2D eigenvalue weighted by Crippen LogP contribution is 2.37. The summed E-state index contributed by atoms with van der Waals surface area (Å²) in [5, 5.41) is 2.45. The number of carbonyl (C=O) groups is 2. The first-order chi connectivity index (χ1) is 17.1. The van der Waals surface area contributed by atoms with Gasteiger partial charge in [0.2, 0.25) is 21.8 Å². The Morgan fingerprint density at radius 3 is 2.19 bits per heavy atom. The second-order valence-corrected chi connectivity index (χ2v) is 11.4. The number of hydrogen-bond acceptors (Lipinski definition) is 4. The Morgan fingerprint density at radius 2 is 1.68 bits per heavy atom. The van der Waals surface area contributed by atoms with E-state index in [-0.39, 0.29) is 19.0 Å². The first kappa shape index (κ1) is 30.7. The van der Waals surface area contributed by atoms with Crippen LogP contribution >= 0.6 is 23.2 Å². The maximum Gasteiger partial charge on any atom is 0.417 e. The van der Waals surface area contributed by atoms with Crippen molar-refractivity contribution in [2.45, 2.75) is 52.0 Å². The van der Waals surface area contributed by atoms with Crippen molar-refractivity contribution in [3.05, 3.63) is 63.6 Å². The minimum atomic E-state index is -4.85. The number of nitrogens with one attached hydrogen (secondary N) is 1. The maximum absolute atomic E-state index is 13.6. The quantitative estimate of drug-likeness (QED) is 0.422. The summed E-state index contributed by atoms with van der Waals surface area (Å²) in [7, 11) is -4.23. The van der Waals surface area contributed by atoms with Crippen LogP contribution in [0.2, 0.25) is 10.0 Å². The average molecular weight is 582 g/mol. The molecule has 1 atom stereocenters. The second kappa shape index (κ2) is 12.4. The summed E-state index contributed by atoms with van der Waals surface area (Å²) in [6.45, 7) is 4.19. The van der Waals surface area contributed by atoms with E-state index in [4.69, 9.17) is 23.2 Å². The fraction of sp³-hybridized carbons (Fsp3) is 0.417. The predicted molar refractivity (Wildman–Crippen MR) is 138 cm³/mol. The van der Waals surface area contributed by atoms with E-state index >= 15 is 0 Å². The Kier molecular flexibility index (Phi) is 10.3. The van der Waals surface area contributed by atoms with Crippen LogP contribution in [0.15, 0.2) is 42.5 Å². The molecule has 0 bridgehead atoms. The fourth-order valence-electron chi connectivity index (χ4n) is 3.61. The number of amides is 2. The van der Waals surface area contributed by atoms with Gasteiger partial charge in [-0.25, -0.2) is 8.42 Å². The van der Waals surface area contributed by atoms with Crippen LogP contribution < -0.4 is 9.62 Å². The van der Waals surface area contributed by atoms with Crippen LogP contribution in [0.3, 0.4) is 0 Å². The lowest BCUT2D eigenvalue weighted by Gasteiger charge is -2.33. The number of carbonyl (C=O) groups excluding carboxylic acids is 2. The van der Waals surface area contributed by atoms with E-state index in [1.54, 1.807) is 45.0 Å². The van der Waals surface area contributed by atoms with Gasteiger partial charge in [-0.05, 0) is 50.1 Å². The van der Waals surface area contributed by atoms with Crippen molar-refractivity contribution in [2.24, 2.45) is 0 Å². The highest BCUT2D eigenvalue weighted by atomic mass is 35.5. The monoisotopic (exact) mass is 581 g/mol. The van der Waals surface area contributed by atoms with E-state index in [0.29, 0.717) is 21.0 Å². The van der Waals surface area contributed by atoms with Gasteiger partial charge in [-0.2, -0.15) is 13.2 Å². The van der Waals surface area contributed by atoms with Gasteiger partial charge in [-0.1, -0.05) is 48.3 Å². The fourth-order valence-corrected chi connectivity index (χ4v) is 4.87. The third-order valence-electron chi connectivity index (χ3n) is 5.34. The number of nitrogens with zero attached hydrogens (tertiary/aromatic N) is 2. The van der Waals surface area contributed by atoms with Crippen LogP contribution in [0.5, 0.6) is 0 Å². The zero-order valence-electron chi connectivity index (χ0n) is 20.6. The van der Waals surface area contributed by atoms with Gasteiger partial charge in [-0.15, -0.1) is 0 Å². The van der Waals surface area contributed by atoms with E-state index in [0.717, 1.165) is 18.4 Å². The Bertz CT molecular complexity index is 1240. The molecule has 0 aromatic heterocycles. The smallest absolute Gasteiger partial charge is 0.352 e. The van der Waals surface area contributed by atoms with Crippen molar-refractivity contribution in [1.82, 2.24) is 10.2 Å². The Balaban J connectivity index is 2.54. The van der Waals surface area contributed by atoms with Gasteiger partial charge in [-0.3, -0.25) is 13.9 Å². The molecule has 0 radical (unpaired) electrons. The molecule has 0 saturated heterocycles. The number of sulfonamides is 1. The van der Waals surface area contributed by atoms with Crippen molar-refractivity contribution in [2.75, 3.05) is 17.1 Å². The van der Waals surface area contributed by atoms with Gasteiger partial charge in [0, 0.05) is 17.6 Å². The number of benzene rings is 2. The van der Waals surface area contributed by atoms with Crippen LogP contribution in [0.25, 0.3) is 0 Å². The second-order valence-electron chi connectivity index (χ2n) is 8.63. The molecular weight excluding hydrogens is 554 g/mol. The maximum atomic E-state index is 13.6. The summed E-state index contributed by atoms with van der Waals surface area (Å²) in [5.74, 6) is -1.27. The highest BCUT2D eigenvalue weighted by Gasteiger charge is 2.36. The van der Waals surface area contributed by atoms with Gasteiger partial charge < -0.3 is 10.2 Å². The van der Waals surface area contributed by atoms with E-state index in [9.17, 15) is 31.2 Å². The summed E-state index contributed by atoms with van der Waals surface area (Å²) in [5.41, 5.74) is -1.14. The van der Waals surface area contributed by atoms with Crippen LogP contribution in [-0.2, 0) is 32.3 Å². The van der Waals surface area contributed by atoms with Crippen LogP contribution in [0.1, 0.15) is 38.3 Å². The van der Waals surface area contributed by atoms with E-state index < -0.39 is 56.9 Å². The zero-order chi connectivity index (χ0) is 28.1. The Labute approximate surface area is 224 Å². The molecule has 13 heteroatoms. The van der Waals surface area contributed by atoms with Gasteiger partial charge in [0.15, 0.2) is 0 Å². The molecule has 2 aromatic rings. The first-order valence-electron chi connectivity index (χ1n) is 11.2. The lowest BCUT2D eigenvalue weighted by molar-refractivity contribution is -0.140. The molecule has 2 aromatic carbocycles. The molecule has 7 nitrogen and oxygen atoms in total. The molecular formula is C24H28Cl2F3N3O4S. The van der Waals surface area contributed by atoms with Gasteiger partial charge >= 0.3 is 6.18 Å². The molecule has 2 amide bonds. The Morgan fingerprint density at radius 1 is 1.05 bits per heavy atom. The molecule has 0 fully saturated rings.